The fourth-order valence-electron chi connectivity index (χ4n) is 3.51. The number of carbonyl (C=O) groups is 1. The summed E-state index contributed by atoms with van der Waals surface area (Å²) in [7, 11) is 0. The van der Waals surface area contributed by atoms with E-state index in [9.17, 15) is 14.9 Å². The van der Waals surface area contributed by atoms with Crippen LogP contribution in [0.25, 0.3) is 0 Å². The molecule has 0 aromatic heterocycles. The monoisotopic (exact) mass is 383 g/mol. The maximum atomic E-state index is 12.5. The Hall–Kier alpha value is -3.29. The zero-order valence-electron chi connectivity index (χ0n) is 15.4. The van der Waals surface area contributed by atoms with Crippen LogP contribution in [-0.2, 0) is 11.2 Å². The Balaban J connectivity index is 1.27. The zero-order valence-corrected chi connectivity index (χ0v) is 15.4. The molecule has 2 aromatic carbocycles. The summed E-state index contributed by atoms with van der Waals surface area (Å²) >= 11 is 0. The van der Waals surface area contributed by atoms with Crippen LogP contribution in [0.15, 0.2) is 42.5 Å². The third-order valence-electron chi connectivity index (χ3n) is 5.12. The molecule has 0 bridgehead atoms. The van der Waals surface area contributed by atoms with Crippen LogP contribution >= 0.6 is 0 Å². The summed E-state index contributed by atoms with van der Waals surface area (Å²) in [4.78, 5) is 26.9. The Morgan fingerprint density at radius 3 is 2.43 bits per heavy atom. The van der Waals surface area contributed by atoms with Gasteiger partial charge in [-0.1, -0.05) is 6.07 Å². The van der Waals surface area contributed by atoms with Crippen molar-refractivity contribution in [1.82, 2.24) is 4.90 Å². The highest BCUT2D eigenvalue weighted by molar-refractivity contribution is 5.77. The lowest BCUT2D eigenvalue weighted by Crippen LogP contribution is -2.48. The second-order valence-electron chi connectivity index (χ2n) is 6.83. The van der Waals surface area contributed by atoms with Gasteiger partial charge in [0.2, 0.25) is 12.7 Å². The standard InChI is InChI=1S/C20H21N3O5/c24-20(8-2-15-1-7-18-19(13-15)28-14-27-18)22-11-9-21(10-12-22)16-3-5-17(6-4-16)23(25)26/h1,3-7,13H,2,8-12,14H2. The largest absolute Gasteiger partial charge is 0.454 e. The van der Waals surface area contributed by atoms with Crippen molar-refractivity contribution in [3.63, 3.8) is 0 Å². The molecule has 2 aliphatic heterocycles. The SMILES string of the molecule is O=C(CCc1ccc2c(c1)OCO2)N1CCN(c2ccc([N+](=O)[O-])cc2)CC1. The molecule has 0 spiro atoms. The van der Waals surface area contributed by atoms with E-state index >= 15 is 0 Å². The molecule has 1 fully saturated rings. The van der Waals surface area contributed by atoms with Crippen LogP contribution in [0.4, 0.5) is 11.4 Å². The summed E-state index contributed by atoms with van der Waals surface area (Å²) in [6, 6.07) is 12.3. The molecule has 1 saturated heterocycles. The van der Waals surface area contributed by atoms with Gasteiger partial charge in [0, 0.05) is 50.4 Å². The maximum Gasteiger partial charge on any atom is 0.269 e. The molecule has 0 atom stereocenters. The average Bonchev–Trinajstić information content (AvgIpc) is 3.20. The minimum Gasteiger partial charge on any atom is -0.454 e. The first-order valence-electron chi connectivity index (χ1n) is 9.26. The molecule has 28 heavy (non-hydrogen) atoms. The van der Waals surface area contributed by atoms with E-state index in [4.69, 9.17) is 9.47 Å². The molecule has 0 N–H and O–H groups in total. The van der Waals surface area contributed by atoms with E-state index in [2.05, 4.69) is 4.90 Å². The van der Waals surface area contributed by atoms with Crippen LogP contribution in [0.5, 0.6) is 11.5 Å². The highest BCUT2D eigenvalue weighted by Gasteiger charge is 2.22. The number of hydrogen-bond donors (Lipinski definition) is 0. The van der Waals surface area contributed by atoms with E-state index in [1.807, 2.05) is 23.1 Å². The summed E-state index contributed by atoms with van der Waals surface area (Å²) < 4.78 is 10.7. The van der Waals surface area contributed by atoms with Crippen molar-refractivity contribution in [3.8, 4) is 11.5 Å². The Labute approximate surface area is 162 Å². The molecule has 146 valence electrons. The van der Waals surface area contributed by atoms with Gasteiger partial charge in [-0.3, -0.25) is 14.9 Å². The number of carbonyl (C=O) groups excluding carboxylic acids is 1. The number of hydrogen-bond acceptors (Lipinski definition) is 6. The van der Waals surface area contributed by atoms with Gasteiger partial charge >= 0.3 is 0 Å². The van der Waals surface area contributed by atoms with Crippen molar-refractivity contribution in [2.24, 2.45) is 0 Å². The summed E-state index contributed by atoms with van der Waals surface area (Å²) in [5.74, 6) is 1.63. The first-order valence-corrected chi connectivity index (χ1v) is 9.26. The third kappa shape index (κ3) is 3.85. The Morgan fingerprint density at radius 2 is 1.71 bits per heavy atom. The number of nitro benzene ring substituents is 1. The molecule has 0 saturated carbocycles. The quantitative estimate of drug-likeness (QED) is 0.583. The van der Waals surface area contributed by atoms with Gasteiger partial charge < -0.3 is 19.3 Å². The van der Waals surface area contributed by atoms with Crippen molar-refractivity contribution in [2.45, 2.75) is 12.8 Å². The Kier molecular flexibility index (Phi) is 5.01. The predicted molar refractivity (Wildman–Crippen MR) is 103 cm³/mol. The van der Waals surface area contributed by atoms with Gasteiger partial charge in [0.1, 0.15) is 0 Å². The number of rotatable bonds is 5. The first kappa shape index (κ1) is 18.1. The number of nitro groups is 1. The van der Waals surface area contributed by atoms with E-state index in [-0.39, 0.29) is 18.4 Å². The van der Waals surface area contributed by atoms with E-state index in [0.717, 1.165) is 22.7 Å². The molecule has 8 heteroatoms. The summed E-state index contributed by atoms with van der Waals surface area (Å²) in [5, 5.41) is 10.8. The molecule has 0 aliphatic carbocycles. The molecule has 1 amide bonds. The average molecular weight is 383 g/mol. The normalized spacial score (nSPS) is 15.6. The van der Waals surface area contributed by atoms with Crippen LogP contribution < -0.4 is 14.4 Å². The fourth-order valence-corrected chi connectivity index (χ4v) is 3.51. The molecule has 4 rings (SSSR count). The van der Waals surface area contributed by atoms with E-state index in [0.29, 0.717) is 39.0 Å². The van der Waals surface area contributed by atoms with Crippen molar-refractivity contribution in [3.05, 3.63) is 58.1 Å². The minimum atomic E-state index is -0.402. The van der Waals surface area contributed by atoms with Crippen molar-refractivity contribution in [2.75, 3.05) is 37.9 Å². The number of amides is 1. The molecular weight excluding hydrogens is 362 g/mol. The highest BCUT2D eigenvalue weighted by atomic mass is 16.7. The van der Waals surface area contributed by atoms with Crippen LogP contribution in [0.1, 0.15) is 12.0 Å². The van der Waals surface area contributed by atoms with Gasteiger partial charge in [0.05, 0.1) is 4.92 Å². The maximum absolute atomic E-state index is 12.5. The number of benzene rings is 2. The van der Waals surface area contributed by atoms with Gasteiger partial charge in [-0.25, -0.2) is 0 Å². The third-order valence-corrected chi connectivity index (χ3v) is 5.12. The van der Waals surface area contributed by atoms with Gasteiger partial charge in [0.15, 0.2) is 11.5 Å². The second-order valence-corrected chi connectivity index (χ2v) is 6.83. The molecule has 2 heterocycles. The Bertz CT molecular complexity index is 876. The summed E-state index contributed by atoms with van der Waals surface area (Å²) in [5.41, 5.74) is 2.08. The molecule has 0 radical (unpaired) electrons. The topological polar surface area (TPSA) is 85.2 Å². The number of non-ortho nitro benzene ring substituents is 1. The number of piperazine rings is 1. The number of anilines is 1. The van der Waals surface area contributed by atoms with E-state index in [1.165, 1.54) is 12.1 Å². The molecule has 0 unspecified atom stereocenters. The van der Waals surface area contributed by atoms with Crippen molar-refractivity contribution in [1.29, 1.82) is 0 Å². The lowest BCUT2D eigenvalue weighted by Gasteiger charge is -2.36. The lowest BCUT2D eigenvalue weighted by atomic mass is 10.1. The molecular formula is C20H21N3O5. The van der Waals surface area contributed by atoms with E-state index < -0.39 is 4.92 Å². The molecule has 8 nitrogen and oxygen atoms in total. The van der Waals surface area contributed by atoms with Crippen molar-refractivity contribution < 1.29 is 19.2 Å². The second kappa shape index (κ2) is 7.75. The summed E-state index contributed by atoms with van der Waals surface area (Å²) in [6.45, 7) is 2.98. The van der Waals surface area contributed by atoms with Crippen LogP contribution in [0.3, 0.4) is 0 Å². The van der Waals surface area contributed by atoms with Gasteiger partial charge in [-0.05, 0) is 36.2 Å². The fraction of sp³-hybridized carbons (Fsp3) is 0.350. The summed E-state index contributed by atoms with van der Waals surface area (Å²) in [6.07, 6.45) is 1.12. The van der Waals surface area contributed by atoms with Gasteiger partial charge in [-0.15, -0.1) is 0 Å². The minimum absolute atomic E-state index is 0.0843. The number of aryl methyl sites for hydroxylation is 1. The Morgan fingerprint density at radius 1 is 1.00 bits per heavy atom. The van der Waals surface area contributed by atoms with Crippen LogP contribution in [0.2, 0.25) is 0 Å². The first-order chi connectivity index (χ1) is 13.6. The molecule has 2 aromatic rings. The number of ether oxygens (including phenoxy) is 2. The van der Waals surface area contributed by atoms with Crippen LogP contribution in [-0.4, -0.2) is 48.7 Å². The number of fused-ring (bicyclic) bond motifs is 1. The van der Waals surface area contributed by atoms with Gasteiger partial charge in [0.25, 0.3) is 5.69 Å². The van der Waals surface area contributed by atoms with Crippen molar-refractivity contribution >= 4 is 17.3 Å². The zero-order chi connectivity index (χ0) is 19.5. The van der Waals surface area contributed by atoms with E-state index in [1.54, 1.807) is 12.1 Å². The van der Waals surface area contributed by atoms with Crippen LogP contribution in [0, 0.1) is 10.1 Å². The highest BCUT2D eigenvalue weighted by Crippen LogP contribution is 2.32. The smallest absolute Gasteiger partial charge is 0.269 e. The molecule has 2 aliphatic rings. The van der Waals surface area contributed by atoms with Gasteiger partial charge in [-0.2, -0.15) is 0 Å². The lowest BCUT2D eigenvalue weighted by molar-refractivity contribution is -0.384. The number of nitrogens with zero attached hydrogens (tertiary/aromatic N) is 3. The predicted octanol–water partition coefficient (Wildman–Crippen LogP) is 2.60.